The van der Waals surface area contributed by atoms with Crippen molar-refractivity contribution in [3.63, 3.8) is 0 Å². The van der Waals surface area contributed by atoms with Crippen molar-refractivity contribution in [2.24, 2.45) is 5.41 Å². The van der Waals surface area contributed by atoms with Crippen molar-refractivity contribution in [3.8, 4) is 0 Å². The summed E-state index contributed by atoms with van der Waals surface area (Å²) < 4.78 is 0. The first-order valence-electron chi connectivity index (χ1n) is 5.11. The Morgan fingerprint density at radius 2 is 1.88 bits per heavy atom. The molecule has 0 heterocycles. The Bertz CT molecular complexity index is 331. The number of aliphatic carboxylic acids is 1. The van der Waals surface area contributed by atoms with Crippen LogP contribution in [0.2, 0.25) is 0 Å². The Labute approximate surface area is 100 Å². The van der Waals surface area contributed by atoms with Gasteiger partial charge in [-0.1, -0.05) is 27.4 Å². The molecular weight excluding hydrogens is 224 g/mol. The topological polar surface area (TPSA) is 95.5 Å². The highest BCUT2D eigenvalue weighted by Crippen LogP contribution is 2.19. The maximum Gasteiger partial charge on any atom is 0.326 e. The molecule has 0 aliphatic heterocycles. The number of carbonyl (C=O) groups is 3. The van der Waals surface area contributed by atoms with Crippen LogP contribution in [0.4, 0.5) is 0 Å². The average Bonchev–Trinajstić information content (AvgIpc) is 2.20. The molecule has 0 aromatic carbocycles. The molecule has 0 aliphatic carbocycles. The maximum atomic E-state index is 11.4. The monoisotopic (exact) mass is 242 g/mol. The van der Waals surface area contributed by atoms with Crippen LogP contribution in [0.25, 0.3) is 0 Å². The zero-order chi connectivity index (χ0) is 13.6. The van der Waals surface area contributed by atoms with Crippen molar-refractivity contribution in [1.29, 1.82) is 0 Å². The van der Waals surface area contributed by atoms with Gasteiger partial charge in [-0.05, 0) is 11.5 Å². The normalized spacial score (nSPS) is 12.4. The predicted molar refractivity (Wildman–Crippen MR) is 62.2 cm³/mol. The third kappa shape index (κ3) is 5.70. The molecule has 2 amide bonds. The van der Waals surface area contributed by atoms with E-state index in [-0.39, 0.29) is 6.54 Å². The lowest BCUT2D eigenvalue weighted by atomic mass is 9.87. The summed E-state index contributed by atoms with van der Waals surface area (Å²) in [6.45, 7) is 8.06. The number of carbonyl (C=O) groups excluding carboxylic acids is 2. The molecule has 17 heavy (non-hydrogen) atoms. The van der Waals surface area contributed by atoms with Crippen LogP contribution in [0.1, 0.15) is 20.8 Å². The number of carboxylic acids is 1. The fourth-order valence-electron chi connectivity index (χ4n) is 1.10. The van der Waals surface area contributed by atoms with Gasteiger partial charge in [-0.25, -0.2) is 4.79 Å². The third-order valence-corrected chi connectivity index (χ3v) is 2.03. The van der Waals surface area contributed by atoms with E-state index in [2.05, 4.69) is 17.2 Å². The lowest BCUT2D eigenvalue weighted by Gasteiger charge is -2.27. The standard InChI is InChI=1S/C11H18N2O4/c1-5-7(14)12-6-8(15)13-9(10(16)17)11(2,3)4/h5,9H,1,6H2,2-4H3,(H,12,14)(H,13,15)(H,16,17)/t9-/m1/s1. The first-order valence-corrected chi connectivity index (χ1v) is 5.11. The summed E-state index contributed by atoms with van der Waals surface area (Å²) >= 11 is 0. The Morgan fingerprint density at radius 1 is 1.35 bits per heavy atom. The molecule has 0 aromatic heterocycles. The molecule has 6 heteroatoms. The van der Waals surface area contributed by atoms with Gasteiger partial charge in [0.2, 0.25) is 11.8 Å². The van der Waals surface area contributed by atoms with E-state index < -0.39 is 29.2 Å². The van der Waals surface area contributed by atoms with Crippen LogP contribution in [0.5, 0.6) is 0 Å². The summed E-state index contributed by atoms with van der Waals surface area (Å²) in [5.74, 6) is -2.15. The highest BCUT2D eigenvalue weighted by molar-refractivity contribution is 5.92. The second-order valence-electron chi connectivity index (χ2n) is 4.63. The minimum atomic E-state index is -1.11. The van der Waals surface area contributed by atoms with Gasteiger partial charge in [-0.2, -0.15) is 0 Å². The van der Waals surface area contributed by atoms with Crippen LogP contribution in [0.3, 0.4) is 0 Å². The summed E-state index contributed by atoms with van der Waals surface area (Å²) in [5, 5.41) is 13.6. The van der Waals surface area contributed by atoms with E-state index in [1.807, 2.05) is 0 Å². The summed E-state index contributed by atoms with van der Waals surface area (Å²) in [6, 6.07) is -1.00. The summed E-state index contributed by atoms with van der Waals surface area (Å²) in [7, 11) is 0. The predicted octanol–water partition coefficient (Wildman–Crippen LogP) is -0.0959. The SMILES string of the molecule is C=CC(=O)NCC(=O)N[C@H](C(=O)O)C(C)(C)C. The van der Waals surface area contributed by atoms with Gasteiger partial charge in [0.05, 0.1) is 6.54 Å². The van der Waals surface area contributed by atoms with E-state index in [4.69, 9.17) is 5.11 Å². The quantitative estimate of drug-likeness (QED) is 0.587. The van der Waals surface area contributed by atoms with Crippen LogP contribution in [-0.4, -0.2) is 35.5 Å². The van der Waals surface area contributed by atoms with Crippen molar-refractivity contribution >= 4 is 17.8 Å². The summed E-state index contributed by atoms with van der Waals surface area (Å²) in [6.07, 6.45) is 1.03. The number of nitrogens with one attached hydrogen (secondary N) is 2. The largest absolute Gasteiger partial charge is 0.480 e. The Hall–Kier alpha value is -1.85. The molecule has 0 spiro atoms. The molecule has 0 saturated carbocycles. The fourth-order valence-corrected chi connectivity index (χ4v) is 1.10. The van der Waals surface area contributed by atoms with E-state index in [1.54, 1.807) is 20.8 Å². The van der Waals surface area contributed by atoms with Crippen LogP contribution in [0, 0.1) is 5.41 Å². The van der Waals surface area contributed by atoms with Crippen molar-refractivity contribution in [3.05, 3.63) is 12.7 Å². The lowest BCUT2D eigenvalue weighted by Crippen LogP contribution is -2.51. The molecule has 0 aromatic rings. The molecule has 0 radical (unpaired) electrons. The third-order valence-electron chi connectivity index (χ3n) is 2.03. The summed E-state index contributed by atoms with van der Waals surface area (Å²) in [4.78, 5) is 33.2. The van der Waals surface area contributed by atoms with E-state index in [0.29, 0.717) is 0 Å². The van der Waals surface area contributed by atoms with Crippen LogP contribution in [0.15, 0.2) is 12.7 Å². The zero-order valence-electron chi connectivity index (χ0n) is 10.2. The number of rotatable bonds is 5. The van der Waals surface area contributed by atoms with Crippen LogP contribution in [-0.2, 0) is 14.4 Å². The summed E-state index contributed by atoms with van der Waals surface area (Å²) in [5.41, 5.74) is -0.607. The lowest BCUT2D eigenvalue weighted by molar-refractivity contribution is -0.144. The first-order chi connectivity index (χ1) is 7.68. The molecule has 3 N–H and O–H groups in total. The smallest absolute Gasteiger partial charge is 0.326 e. The Kier molecular flexibility index (Phi) is 5.37. The van der Waals surface area contributed by atoms with E-state index in [9.17, 15) is 14.4 Å². The first kappa shape index (κ1) is 15.2. The van der Waals surface area contributed by atoms with Gasteiger partial charge >= 0.3 is 5.97 Å². The van der Waals surface area contributed by atoms with Gasteiger partial charge < -0.3 is 15.7 Å². The molecule has 0 saturated heterocycles. The van der Waals surface area contributed by atoms with Gasteiger partial charge in [0.15, 0.2) is 0 Å². The van der Waals surface area contributed by atoms with Crippen molar-refractivity contribution < 1.29 is 19.5 Å². The minimum Gasteiger partial charge on any atom is -0.480 e. The van der Waals surface area contributed by atoms with Gasteiger partial charge in [-0.3, -0.25) is 9.59 Å². The van der Waals surface area contributed by atoms with Crippen LogP contribution >= 0.6 is 0 Å². The van der Waals surface area contributed by atoms with Crippen molar-refractivity contribution in [2.45, 2.75) is 26.8 Å². The molecule has 96 valence electrons. The number of carboxylic acid groups (broad SMARTS) is 1. The number of hydrogen-bond donors (Lipinski definition) is 3. The molecule has 6 nitrogen and oxygen atoms in total. The van der Waals surface area contributed by atoms with E-state index in [0.717, 1.165) is 6.08 Å². The Morgan fingerprint density at radius 3 is 2.24 bits per heavy atom. The molecular formula is C11H18N2O4. The highest BCUT2D eigenvalue weighted by Gasteiger charge is 2.32. The number of hydrogen-bond acceptors (Lipinski definition) is 3. The second-order valence-corrected chi connectivity index (χ2v) is 4.63. The Balaban J connectivity index is 4.38. The van der Waals surface area contributed by atoms with Gasteiger partial charge in [0, 0.05) is 0 Å². The maximum absolute atomic E-state index is 11.4. The molecule has 0 unspecified atom stereocenters. The van der Waals surface area contributed by atoms with Crippen molar-refractivity contribution in [2.75, 3.05) is 6.54 Å². The molecule has 0 fully saturated rings. The van der Waals surface area contributed by atoms with Crippen molar-refractivity contribution in [1.82, 2.24) is 10.6 Å². The molecule has 0 aliphatic rings. The minimum absolute atomic E-state index is 0.273. The zero-order valence-corrected chi connectivity index (χ0v) is 10.2. The fraction of sp³-hybridized carbons (Fsp3) is 0.545. The molecule has 1 atom stereocenters. The highest BCUT2D eigenvalue weighted by atomic mass is 16.4. The van der Waals surface area contributed by atoms with Gasteiger partial charge in [0.25, 0.3) is 0 Å². The molecule has 0 bridgehead atoms. The van der Waals surface area contributed by atoms with E-state index >= 15 is 0 Å². The van der Waals surface area contributed by atoms with Gasteiger partial charge in [0.1, 0.15) is 6.04 Å². The van der Waals surface area contributed by atoms with E-state index in [1.165, 1.54) is 0 Å². The molecule has 0 rings (SSSR count). The average molecular weight is 242 g/mol. The number of amides is 2. The van der Waals surface area contributed by atoms with Gasteiger partial charge in [-0.15, -0.1) is 0 Å². The van der Waals surface area contributed by atoms with Crippen LogP contribution < -0.4 is 10.6 Å². The second kappa shape index (κ2) is 6.03.